The van der Waals surface area contributed by atoms with Crippen molar-refractivity contribution in [3.05, 3.63) is 0 Å². The maximum Gasteiger partial charge on any atom is 0.303 e. The highest BCUT2D eigenvalue weighted by Gasteiger charge is 2.83. The second-order valence-corrected chi connectivity index (χ2v) is 6.50. The molecule has 5 unspecified atom stereocenters. The minimum absolute atomic E-state index is 0.232. The summed E-state index contributed by atoms with van der Waals surface area (Å²) in [4.78, 5) is 11.2. The third kappa shape index (κ3) is 1.27. The van der Waals surface area contributed by atoms with Crippen LogP contribution in [0, 0.1) is 5.92 Å². The van der Waals surface area contributed by atoms with E-state index in [0.29, 0.717) is 6.42 Å². The SMILES string of the molecule is CC(=O)OC12CC(C)(O)CC3(O)CC(O)(C1)C32. The maximum absolute atomic E-state index is 11.2. The fourth-order valence-corrected chi connectivity index (χ4v) is 4.85. The van der Waals surface area contributed by atoms with Crippen molar-refractivity contribution in [1.29, 1.82) is 0 Å². The van der Waals surface area contributed by atoms with Crippen molar-refractivity contribution in [2.24, 2.45) is 5.92 Å². The van der Waals surface area contributed by atoms with E-state index in [-0.39, 0.29) is 19.3 Å². The molecule has 0 aromatic heterocycles. The normalized spacial score (nSPS) is 59.7. The molecule has 17 heavy (non-hydrogen) atoms. The van der Waals surface area contributed by atoms with Gasteiger partial charge >= 0.3 is 5.97 Å². The zero-order valence-corrected chi connectivity index (χ0v) is 10.1. The molecule has 96 valence electrons. The third-order valence-electron chi connectivity index (χ3n) is 4.53. The van der Waals surface area contributed by atoms with Crippen LogP contribution in [-0.4, -0.2) is 43.7 Å². The molecule has 0 aromatic rings. The van der Waals surface area contributed by atoms with Gasteiger partial charge in [-0.05, 0) is 6.92 Å². The van der Waals surface area contributed by atoms with Crippen LogP contribution in [0.4, 0.5) is 0 Å². The fourth-order valence-electron chi connectivity index (χ4n) is 4.85. The highest BCUT2D eigenvalue weighted by Crippen LogP contribution is 2.72. The van der Waals surface area contributed by atoms with E-state index >= 15 is 0 Å². The van der Waals surface area contributed by atoms with Crippen molar-refractivity contribution >= 4 is 5.97 Å². The first-order valence-corrected chi connectivity index (χ1v) is 5.98. The molecule has 3 N–H and O–H groups in total. The maximum atomic E-state index is 11.2. The zero-order chi connectivity index (χ0) is 12.7. The molecule has 0 radical (unpaired) electrons. The van der Waals surface area contributed by atoms with Crippen LogP contribution < -0.4 is 0 Å². The summed E-state index contributed by atoms with van der Waals surface area (Å²) in [6.45, 7) is 2.95. The lowest BCUT2D eigenvalue weighted by Gasteiger charge is -2.76. The van der Waals surface area contributed by atoms with Gasteiger partial charge in [-0.3, -0.25) is 4.79 Å². The number of rotatable bonds is 1. The van der Waals surface area contributed by atoms with Crippen LogP contribution >= 0.6 is 0 Å². The largest absolute Gasteiger partial charge is 0.458 e. The molecule has 5 atom stereocenters. The van der Waals surface area contributed by atoms with Crippen molar-refractivity contribution in [2.45, 2.75) is 61.9 Å². The van der Waals surface area contributed by atoms with Gasteiger partial charge in [-0.2, -0.15) is 0 Å². The fraction of sp³-hybridized carbons (Fsp3) is 0.917. The Bertz CT molecular complexity index is 406. The molecule has 3 saturated carbocycles. The summed E-state index contributed by atoms with van der Waals surface area (Å²) in [5.74, 6) is -0.870. The molecule has 3 aliphatic rings. The topological polar surface area (TPSA) is 87.0 Å². The van der Waals surface area contributed by atoms with E-state index in [9.17, 15) is 20.1 Å². The van der Waals surface area contributed by atoms with Gasteiger partial charge < -0.3 is 20.1 Å². The van der Waals surface area contributed by atoms with Crippen LogP contribution in [0.2, 0.25) is 0 Å². The number of esters is 1. The Morgan fingerprint density at radius 3 is 2.24 bits per heavy atom. The number of hydrogen-bond donors (Lipinski definition) is 3. The molecular weight excluding hydrogens is 224 g/mol. The highest BCUT2D eigenvalue weighted by molar-refractivity contribution is 5.67. The molecule has 3 fully saturated rings. The van der Waals surface area contributed by atoms with Gasteiger partial charge in [0.25, 0.3) is 0 Å². The molecule has 0 saturated heterocycles. The number of carbonyl (C=O) groups is 1. The Kier molecular flexibility index (Phi) is 1.80. The predicted octanol–water partition coefficient (Wildman–Crippen LogP) is -0.281. The summed E-state index contributed by atoms with van der Waals surface area (Å²) in [5.41, 5.74) is -3.93. The minimum atomic E-state index is -1.09. The second-order valence-electron chi connectivity index (χ2n) is 6.50. The number of hydrogen-bond acceptors (Lipinski definition) is 5. The zero-order valence-electron chi connectivity index (χ0n) is 10.1. The first-order chi connectivity index (χ1) is 7.61. The molecule has 3 rings (SSSR count). The summed E-state index contributed by atoms with van der Waals surface area (Å²) in [6, 6.07) is 0. The van der Waals surface area contributed by atoms with Crippen LogP contribution in [0.3, 0.4) is 0 Å². The number of carbonyl (C=O) groups excluding carboxylic acids is 1. The molecule has 0 bridgehead atoms. The van der Waals surface area contributed by atoms with Gasteiger partial charge in [0.1, 0.15) is 5.60 Å². The summed E-state index contributed by atoms with van der Waals surface area (Å²) < 4.78 is 5.33. The lowest BCUT2D eigenvalue weighted by atomic mass is 9.35. The Morgan fingerprint density at radius 2 is 1.71 bits per heavy atom. The molecular formula is C12H18O5. The molecule has 0 heterocycles. The van der Waals surface area contributed by atoms with Crippen LogP contribution in [0.5, 0.6) is 0 Å². The van der Waals surface area contributed by atoms with Gasteiger partial charge in [-0.25, -0.2) is 0 Å². The molecule has 0 amide bonds. The predicted molar refractivity (Wildman–Crippen MR) is 57.0 cm³/mol. The van der Waals surface area contributed by atoms with E-state index in [1.165, 1.54) is 6.92 Å². The van der Waals surface area contributed by atoms with Gasteiger partial charge in [-0.15, -0.1) is 0 Å². The monoisotopic (exact) mass is 242 g/mol. The minimum Gasteiger partial charge on any atom is -0.458 e. The molecule has 3 aliphatic carbocycles. The molecule has 5 heteroatoms. The number of ether oxygens (including phenoxy) is 1. The molecule has 0 aromatic carbocycles. The van der Waals surface area contributed by atoms with Crippen LogP contribution in [0.1, 0.15) is 39.5 Å². The van der Waals surface area contributed by atoms with E-state index < -0.39 is 34.3 Å². The van der Waals surface area contributed by atoms with E-state index in [1.54, 1.807) is 6.92 Å². The average molecular weight is 242 g/mol. The van der Waals surface area contributed by atoms with Gasteiger partial charge in [0.2, 0.25) is 0 Å². The van der Waals surface area contributed by atoms with E-state index in [1.807, 2.05) is 0 Å². The van der Waals surface area contributed by atoms with Crippen LogP contribution in [0.15, 0.2) is 0 Å². The van der Waals surface area contributed by atoms with E-state index in [2.05, 4.69) is 0 Å². The van der Waals surface area contributed by atoms with Crippen molar-refractivity contribution in [3.63, 3.8) is 0 Å². The summed E-state index contributed by atoms with van der Waals surface area (Å²) in [6.07, 6.45) is 1.11. The first kappa shape index (κ1) is 11.4. The highest BCUT2D eigenvalue weighted by atomic mass is 16.6. The number of aliphatic hydroxyl groups is 3. The molecule has 0 spiro atoms. The lowest BCUT2D eigenvalue weighted by Crippen LogP contribution is -2.87. The Morgan fingerprint density at radius 1 is 1.12 bits per heavy atom. The molecule has 5 nitrogen and oxygen atoms in total. The summed E-state index contributed by atoms with van der Waals surface area (Å²) in [7, 11) is 0. The van der Waals surface area contributed by atoms with Crippen molar-refractivity contribution in [2.75, 3.05) is 0 Å². The average Bonchev–Trinajstić information content (AvgIpc) is 1.91. The summed E-state index contributed by atoms with van der Waals surface area (Å²) >= 11 is 0. The Hall–Kier alpha value is -0.650. The van der Waals surface area contributed by atoms with Crippen molar-refractivity contribution in [3.8, 4) is 0 Å². The quantitative estimate of drug-likeness (QED) is 0.550. The van der Waals surface area contributed by atoms with Crippen LogP contribution in [0.25, 0.3) is 0 Å². The van der Waals surface area contributed by atoms with Gasteiger partial charge in [0, 0.05) is 32.6 Å². The van der Waals surface area contributed by atoms with Crippen LogP contribution in [-0.2, 0) is 9.53 Å². The smallest absolute Gasteiger partial charge is 0.303 e. The summed E-state index contributed by atoms with van der Waals surface area (Å²) in [5, 5.41) is 30.7. The van der Waals surface area contributed by atoms with Crippen molar-refractivity contribution < 1.29 is 24.9 Å². The third-order valence-corrected chi connectivity index (χ3v) is 4.53. The van der Waals surface area contributed by atoms with Gasteiger partial charge in [-0.1, -0.05) is 0 Å². The second kappa shape index (κ2) is 2.68. The van der Waals surface area contributed by atoms with Gasteiger partial charge in [0.05, 0.1) is 22.7 Å². The van der Waals surface area contributed by atoms with Crippen molar-refractivity contribution in [1.82, 2.24) is 0 Å². The Labute approximate surface area is 99.4 Å². The van der Waals surface area contributed by atoms with Gasteiger partial charge in [0.15, 0.2) is 0 Å². The van der Waals surface area contributed by atoms with E-state index in [4.69, 9.17) is 4.74 Å². The van der Waals surface area contributed by atoms with E-state index in [0.717, 1.165) is 0 Å². The first-order valence-electron chi connectivity index (χ1n) is 5.98. The molecule has 0 aliphatic heterocycles. The lowest BCUT2D eigenvalue weighted by molar-refractivity contribution is -0.404. The standard InChI is InChI=1S/C12H18O5/c1-7(13)17-12-4-9(2,14)3-10(15)5-11(16,6-12)8(10)12/h8,14-16H,3-6H2,1-2H3. The Balaban J connectivity index is 1.96.